The monoisotopic (exact) mass is 612 g/mol. The fraction of sp³-hybridized carbons (Fsp3) is 0.423. The Labute approximate surface area is 244 Å². The second kappa shape index (κ2) is 13.7. The standard InChI is InChI=1S/C26H28ClF3N2O4.Y/c1-2-3-13-36-23(34)19-14-25(15-19,24(35)31-21-7-5-4-6-8-21)32(22(33)16-27)17-18-9-11-20(12-10-18)26(28,29)30;/h4-12,19H,2-3,13-17H2,1H3,(H,31,35);/p-1. The van der Waals surface area contributed by atoms with Crippen molar-refractivity contribution >= 4 is 35.1 Å². The van der Waals surface area contributed by atoms with Gasteiger partial charge in [-0.05, 0) is 37.0 Å². The molecule has 0 saturated heterocycles. The quantitative estimate of drug-likeness (QED) is 0.188. The maximum Gasteiger partial charge on any atom is 0.416 e. The molecule has 1 radical (unpaired) electrons. The van der Waals surface area contributed by atoms with Crippen molar-refractivity contribution in [3.63, 3.8) is 0 Å². The molecule has 0 bridgehead atoms. The number of carbonyl (C=O) groups is 3. The molecule has 6 nitrogen and oxygen atoms in total. The number of carbonyl (C=O) groups excluding carboxylic acids is 3. The average molecular weight is 613 g/mol. The van der Waals surface area contributed by atoms with Crippen LogP contribution in [0.25, 0.3) is 5.32 Å². The molecule has 0 spiro atoms. The summed E-state index contributed by atoms with van der Waals surface area (Å²) < 4.78 is 44.2. The minimum atomic E-state index is -4.50. The van der Waals surface area contributed by atoms with E-state index in [2.05, 4.69) is 5.32 Å². The minimum Gasteiger partial charge on any atom is -0.625 e. The van der Waals surface area contributed by atoms with E-state index in [-0.39, 0.29) is 58.7 Å². The largest absolute Gasteiger partial charge is 0.625 e. The van der Waals surface area contributed by atoms with Crippen LogP contribution in [0.2, 0.25) is 0 Å². The summed E-state index contributed by atoms with van der Waals surface area (Å²) in [5.41, 5.74) is -1.55. The summed E-state index contributed by atoms with van der Waals surface area (Å²) in [5, 5.41) is 4.17. The first kappa shape index (κ1) is 31.3. The minimum absolute atomic E-state index is 0. The summed E-state index contributed by atoms with van der Waals surface area (Å²) in [6, 6.07) is 12.8. The Morgan fingerprint density at radius 2 is 1.70 bits per heavy atom. The second-order valence-electron chi connectivity index (χ2n) is 8.72. The van der Waals surface area contributed by atoms with Crippen molar-refractivity contribution in [2.24, 2.45) is 5.92 Å². The Kier molecular flexibility index (Phi) is 11.6. The maximum atomic E-state index is 13.5. The molecule has 0 unspecified atom stereocenters. The van der Waals surface area contributed by atoms with Crippen LogP contribution in [0.5, 0.6) is 0 Å². The molecular weight excluding hydrogens is 586 g/mol. The summed E-state index contributed by atoms with van der Waals surface area (Å²) in [4.78, 5) is 40.2. The first-order valence-corrected chi connectivity index (χ1v) is 12.1. The Balaban J connectivity index is 0.00000481. The van der Waals surface area contributed by atoms with E-state index in [1.807, 2.05) is 6.92 Å². The van der Waals surface area contributed by atoms with Crippen molar-refractivity contribution < 1.29 is 65.0 Å². The van der Waals surface area contributed by atoms with Gasteiger partial charge in [0.25, 0.3) is 0 Å². The van der Waals surface area contributed by atoms with E-state index in [9.17, 15) is 27.6 Å². The van der Waals surface area contributed by atoms with Gasteiger partial charge in [-0.3, -0.25) is 9.59 Å². The van der Waals surface area contributed by atoms with Crippen molar-refractivity contribution in [1.29, 1.82) is 0 Å². The SMILES string of the molecule is CCCCOC(=O)C1CC(C(=O)[N-]c2ccccc2)(N(Cc2ccc(C(F)(F)F)cc2)C(=O)CCl)C1.[Y]. The second-order valence-corrected chi connectivity index (χ2v) is 8.99. The van der Waals surface area contributed by atoms with Crippen LogP contribution < -0.4 is 0 Å². The summed E-state index contributed by atoms with van der Waals surface area (Å²) >= 11 is 5.86. The van der Waals surface area contributed by atoms with Crippen LogP contribution in [0.1, 0.15) is 43.7 Å². The van der Waals surface area contributed by atoms with Gasteiger partial charge in [0.05, 0.1) is 29.5 Å². The van der Waals surface area contributed by atoms with Crippen molar-refractivity contribution in [1.82, 2.24) is 4.90 Å². The Bertz CT molecular complexity index is 1060. The summed E-state index contributed by atoms with van der Waals surface area (Å²) in [7, 11) is 0. The average Bonchev–Trinajstić information content (AvgIpc) is 2.82. The van der Waals surface area contributed by atoms with Gasteiger partial charge < -0.3 is 19.7 Å². The molecule has 0 heterocycles. The van der Waals surface area contributed by atoms with Crippen LogP contribution in [-0.4, -0.2) is 40.7 Å². The molecule has 37 heavy (non-hydrogen) atoms. The van der Waals surface area contributed by atoms with Crippen molar-refractivity contribution in [3.05, 3.63) is 71.0 Å². The Morgan fingerprint density at radius 3 is 2.24 bits per heavy atom. The fourth-order valence-electron chi connectivity index (χ4n) is 4.12. The number of esters is 1. The van der Waals surface area contributed by atoms with Gasteiger partial charge in [-0.1, -0.05) is 55.8 Å². The number of alkyl halides is 4. The van der Waals surface area contributed by atoms with Crippen LogP contribution in [0, 0.1) is 5.92 Å². The van der Waals surface area contributed by atoms with Crippen LogP contribution in [0.15, 0.2) is 54.6 Å². The molecule has 11 heteroatoms. The molecule has 0 atom stereocenters. The number of unbranched alkanes of at least 4 members (excludes halogenated alkanes) is 1. The first-order chi connectivity index (χ1) is 17.1. The first-order valence-electron chi connectivity index (χ1n) is 11.6. The van der Waals surface area contributed by atoms with Gasteiger partial charge in [0.1, 0.15) is 5.88 Å². The molecule has 2 aromatic rings. The Hall–Kier alpha value is -1.97. The molecule has 197 valence electrons. The van der Waals surface area contributed by atoms with Crippen LogP contribution >= 0.6 is 11.6 Å². The summed E-state index contributed by atoms with van der Waals surface area (Å²) in [5.74, 6) is -2.75. The van der Waals surface area contributed by atoms with Crippen LogP contribution in [0.3, 0.4) is 0 Å². The molecular formula is C26H27ClF3N2O4Y-. The zero-order chi connectivity index (χ0) is 26.3. The van der Waals surface area contributed by atoms with E-state index in [1.54, 1.807) is 30.3 Å². The Morgan fingerprint density at radius 1 is 1.08 bits per heavy atom. The molecule has 1 aliphatic rings. The van der Waals surface area contributed by atoms with Gasteiger partial charge in [0.2, 0.25) is 5.91 Å². The van der Waals surface area contributed by atoms with Crippen molar-refractivity contribution in [2.45, 2.75) is 50.9 Å². The van der Waals surface area contributed by atoms with Gasteiger partial charge in [0.15, 0.2) is 0 Å². The van der Waals surface area contributed by atoms with Gasteiger partial charge in [-0.2, -0.15) is 13.2 Å². The van der Waals surface area contributed by atoms with E-state index in [1.165, 1.54) is 17.0 Å². The van der Waals surface area contributed by atoms with Gasteiger partial charge in [0, 0.05) is 39.3 Å². The number of nitrogens with zero attached hydrogens (tertiary/aromatic N) is 2. The molecule has 0 aliphatic heterocycles. The van der Waals surface area contributed by atoms with E-state index in [0.717, 1.165) is 18.6 Å². The molecule has 2 aromatic carbocycles. The van der Waals surface area contributed by atoms with E-state index in [4.69, 9.17) is 16.3 Å². The molecule has 2 amide bonds. The van der Waals surface area contributed by atoms with E-state index < -0.39 is 46.9 Å². The smallest absolute Gasteiger partial charge is 0.416 e. The molecule has 1 aliphatic carbocycles. The molecule has 1 fully saturated rings. The topological polar surface area (TPSA) is 77.8 Å². The number of rotatable bonds is 10. The van der Waals surface area contributed by atoms with Gasteiger partial charge >= 0.3 is 12.1 Å². The molecule has 0 aromatic heterocycles. The number of benzene rings is 2. The maximum absolute atomic E-state index is 13.5. The third-order valence-electron chi connectivity index (χ3n) is 6.18. The predicted molar refractivity (Wildman–Crippen MR) is 129 cm³/mol. The zero-order valence-electron chi connectivity index (χ0n) is 20.3. The fourth-order valence-corrected chi connectivity index (χ4v) is 4.27. The number of amides is 2. The molecule has 0 N–H and O–H groups in total. The zero-order valence-corrected chi connectivity index (χ0v) is 23.9. The van der Waals surface area contributed by atoms with Gasteiger partial charge in [-0.25, -0.2) is 0 Å². The summed E-state index contributed by atoms with van der Waals surface area (Å²) in [6.07, 6.45) is -2.99. The number of para-hydroxylation sites is 1. The predicted octanol–water partition coefficient (Wildman–Crippen LogP) is 5.99. The molecule has 3 rings (SSSR count). The van der Waals surface area contributed by atoms with Gasteiger partial charge in [-0.15, -0.1) is 17.3 Å². The van der Waals surface area contributed by atoms with Crippen molar-refractivity contribution in [3.8, 4) is 0 Å². The summed E-state index contributed by atoms with van der Waals surface area (Å²) in [6.45, 7) is 2.05. The van der Waals surface area contributed by atoms with E-state index in [0.29, 0.717) is 17.7 Å². The molecule has 1 saturated carbocycles. The number of halogens is 4. The van der Waals surface area contributed by atoms with Crippen molar-refractivity contribution in [2.75, 3.05) is 12.5 Å². The third kappa shape index (κ3) is 7.77. The van der Waals surface area contributed by atoms with Crippen LogP contribution in [0.4, 0.5) is 18.9 Å². The van der Waals surface area contributed by atoms with Crippen LogP contribution in [-0.2, 0) is 64.6 Å². The number of hydrogen-bond donors (Lipinski definition) is 0. The number of hydrogen-bond acceptors (Lipinski definition) is 4. The third-order valence-corrected chi connectivity index (χ3v) is 6.41. The van der Waals surface area contributed by atoms with E-state index >= 15 is 0 Å². The normalized spacial score (nSPS) is 18.7. The number of ether oxygens (including phenoxy) is 1.